The van der Waals surface area contributed by atoms with Gasteiger partial charge in [0.2, 0.25) is 5.91 Å². The molecule has 0 unspecified atom stereocenters. The Morgan fingerprint density at radius 1 is 0.806 bits per heavy atom. The van der Waals surface area contributed by atoms with Gasteiger partial charge in [-0.1, -0.05) is 0 Å². The van der Waals surface area contributed by atoms with E-state index in [0.29, 0.717) is 26.3 Å². The van der Waals surface area contributed by atoms with Crippen LogP contribution in [0.25, 0.3) is 0 Å². The van der Waals surface area contributed by atoms with Crippen LogP contribution in [-0.2, 0) is 33.3 Å². The predicted octanol–water partition coefficient (Wildman–Crippen LogP) is 1.93. The number of amides is 2. The minimum atomic E-state index is -1.01. The van der Waals surface area contributed by atoms with Gasteiger partial charge in [-0.15, -0.1) is 0 Å². The van der Waals surface area contributed by atoms with Crippen LogP contribution in [0.1, 0.15) is 48.5 Å². The van der Waals surface area contributed by atoms with Crippen LogP contribution >= 0.6 is 0 Å². The highest BCUT2D eigenvalue weighted by Gasteiger charge is 2.53. The number of hydrogen-bond acceptors (Lipinski definition) is 8. The molecule has 2 amide bonds. The molecule has 204 valence electrons. The number of hydrogen-bond donors (Lipinski definition) is 1. The summed E-state index contributed by atoms with van der Waals surface area (Å²) in [6.45, 7) is 13.9. The highest BCUT2D eigenvalue weighted by molar-refractivity contribution is 5.82. The van der Waals surface area contributed by atoms with Gasteiger partial charge in [-0.25, -0.2) is 4.79 Å². The van der Waals surface area contributed by atoms with Crippen molar-refractivity contribution in [2.75, 3.05) is 39.4 Å². The van der Waals surface area contributed by atoms with Gasteiger partial charge in [-0.2, -0.15) is 0 Å². The molecule has 4 aliphatic rings. The number of piperidine rings is 2. The Labute approximate surface area is 212 Å². The van der Waals surface area contributed by atoms with Gasteiger partial charge in [0.25, 0.3) is 0 Å². The Balaban J connectivity index is 1.57. The maximum absolute atomic E-state index is 14.0. The monoisotopic (exact) mass is 512 g/mol. The molecule has 0 aromatic heterocycles. The third-order valence-corrected chi connectivity index (χ3v) is 7.19. The van der Waals surface area contributed by atoms with Crippen LogP contribution in [0.3, 0.4) is 0 Å². The van der Waals surface area contributed by atoms with Crippen LogP contribution in [-0.4, -0.2) is 102 Å². The Kier molecular flexibility index (Phi) is 7.09. The van der Waals surface area contributed by atoms with Crippen molar-refractivity contribution in [1.82, 2.24) is 9.80 Å². The maximum atomic E-state index is 14.0. The number of carbonyl (C=O) groups excluding carboxylic acids is 2. The van der Waals surface area contributed by atoms with E-state index in [2.05, 4.69) is 0 Å². The molecule has 0 saturated carbocycles. The van der Waals surface area contributed by atoms with E-state index in [-0.39, 0.29) is 30.8 Å². The van der Waals surface area contributed by atoms with E-state index < -0.39 is 53.3 Å². The Bertz CT molecular complexity index is 883. The van der Waals surface area contributed by atoms with Gasteiger partial charge in [0.1, 0.15) is 11.5 Å². The molecule has 36 heavy (non-hydrogen) atoms. The molecule has 0 spiro atoms. The topological polar surface area (TPSA) is 124 Å². The molecule has 1 N–H and O–H groups in total. The molecule has 6 atom stereocenters. The molecule has 4 saturated heterocycles. The quantitative estimate of drug-likeness (QED) is 0.591. The molecule has 4 rings (SSSR count). The number of likely N-dealkylation sites (tertiary alicyclic amines) is 2. The summed E-state index contributed by atoms with van der Waals surface area (Å²) >= 11 is 0. The van der Waals surface area contributed by atoms with Crippen molar-refractivity contribution in [1.29, 1.82) is 0 Å². The Hall–Kier alpha value is -1.95. The fraction of sp³-hybridized carbons (Fsp3) is 0.880. The zero-order chi connectivity index (χ0) is 26.6. The number of carboxylic acid groups (broad SMARTS) is 1. The van der Waals surface area contributed by atoms with Crippen LogP contribution in [0.15, 0.2) is 0 Å². The molecule has 11 nitrogen and oxygen atoms in total. The molecule has 0 aromatic rings. The Morgan fingerprint density at radius 2 is 1.28 bits per heavy atom. The highest BCUT2D eigenvalue weighted by atomic mass is 16.7. The van der Waals surface area contributed by atoms with Gasteiger partial charge in [0.15, 0.2) is 11.6 Å². The van der Waals surface area contributed by atoms with Gasteiger partial charge in [0.05, 0.1) is 31.3 Å². The molecule has 0 aliphatic carbocycles. The summed E-state index contributed by atoms with van der Waals surface area (Å²) < 4.78 is 29.4. The second-order valence-electron chi connectivity index (χ2n) is 12.3. The number of aliphatic carboxylic acids is 1. The zero-order valence-corrected chi connectivity index (χ0v) is 22.3. The summed E-state index contributed by atoms with van der Waals surface area (Å²) in [5.74, 6) is -5.08. The van der Waals surface area contributed by atoms with Crippen molar-refractivity contribution < 1.29 is 43.2 Å². The van der Waals surface area contributed by atoms with E-state index in [1.165, 1.54) is 4.90 Å². The molecule has 4 heterocycles. The first-order valence-corrected chi connectivity index (χ1v) is 12.7. The van der Waals surface area contributed by atoms with Crippen LogP contribution in [0.4, 0.5) is 4.79 Å². The SMILES string of the molecule is CC(C)(C)OC(=O)N1C[C@@H]2COC(C)(C)O[C@@H]2[C@H](C(=O)N2C[C@@H]3COC(C)(C)O[C@@H]3[C@H](C(=O)O)C2)C1. The van der Waals surface area contributed by atoms with E-state index in [1.807, 2.05) is 0 Å². The first kappa shape index (κ1) is 27.1. The molecule has 11 heteroatoms. The second kappa shape index (κ2) is 9.41. The molecular formula is C25H40N2O9. The van der Waals surface area contributed by atoms with Crippen molar-refractivity contribution in [3.63, 3.8) is 0 Å². The van der Waals surface area contributed by atoms with Gasteiger partial charge in [-0.05, 0) is 48.5 Å². The smallest absolute Gasteiger partial charge is 0.410 e. The molecule has 0 aromatic carbocycles. The fourth-order valence-electron chi connectivity index (χ4n) is 5.58. The minimum Gasteiger partial charge on any atom is -0.481 e. The summed E-state index contributed by atoms with van der Waals surface area (Å²) in [4.78, 5) is 42.2. The minimum absolute atomic E-state index is 0.0195. The number of fused-ring (bicyclic) bond motifs is 2. The van der Waals surface area contributed by atoms with E-state index >= 15 is 0 Å². The summed E-state index contributed by atoms with van der Waals surface area (Å²) in [6.07, 6.45) is -1.52. The highest BCUT2D eigenvalue weighted by Crippen LogP contribution is 2.39. The van der Waals surface area contributed by atoms with Crippen LogP contribution in [0.2, 0.25) is 0 Å². The van der Waals surface area contributed by atoms with Gasteiger partial charge in [0, 0.05) is 38.0 Å². The average molecular weight is 513 g/mol. The normalized spacial score (nSPS) is 35.9. The lowest BCUT2D eigenvalue weighted by atomic mass is 9.81. The summed E-state index contributed by atoms with van der Waals surface area (Å²) in [5, 5.41) is 9.97. The van der Waals surface area contributed by atoms with E-state index in [1.54, 1.807) is 53.4 Å². The van der Waals surface area contributed by atoms with Crippen LogP contribution in [0.5, 0.6) is 0 Å². The van der Waals surface area contributed by atoms with Crippen molar-refractivity contribution in [2.24, 2.45) is 23.7 Å². The largest absolute Gasteiger partial charge is 0.481 e. The summed E-state index contributed by atoms with van der Waals surface area (Å²) in [5.41, 5.74) is -0.680. The van der Waals surface area contributed by atoms with Crippen molar-refractivity contribution >= 4 is 18.0 Å². The lowest BCUT2D eigenvalue weighted by Crippen LogP contribution is -2.65. The Morgan fingerprint density at radius 3 is 1.78 bits per heavy atom. The van der Waals surface area contributed by atoms with Crippen LogP contribution < -0.4 is 0 Å². The van der Waals surface area contributed by atoms with Gasteiger partial charge >= 0.3 is 12.1 Å². The average Bonchev–Trinajstić information content (AvgIpc) is 2.75. The zero-order valence-electron chi connectivity index (χ0n) is 22.3. The molecule has 4 fully saturated rings. The van der Waals surface area contributed by atoms with E-state index in [0.717, 1.165) is 0 Å². The van der Waals surface area contributed by atoms with Crippen molar-refractivity contribution in [3.05, 3.63) is 0 Å². The third-order valence-electron chi connectivity index (χ3n) is 7.19. The molecule has 0 bridgehead atoms. The summed E-state index contributed by atoms with van der Waals surface area (Å²) in [6, 6.07) is 0. The second-order valence-corrected chi connectivity index (χ2v) is 12.3. The fourth-order valence-corrected chi connectivity index (χ4v) is 5.58. The van der Waals surface area contributed by atoms with Crippen LogP contribution in [0, 0.1) is 23.7 Å². The summed E-state index contributed by atoms with van der Waals surface area (Å²) in [7, 11) is 0. The maximum Gasteiger partial charge on any atom is 0.410 e. The first-order valence-electron chi connectivity index (χ1n) is 12.7. The van der Waals surface area contributed by atoms with Crippen molar-refractivity contribution in [3.8, 4) is 0 Å². The lowest BCUT2D eigenvalue weighted by Gasteiger charge is -2.52. The molecule has 0 radical (unpaired) electrons. The van der Waals surface area contributed by atoms with Crippen molar-refractivity contribution in [2.45, 2.75) is 77.8 Å². The molecule has 4 aliphatic heterocycles. The predicted molar refractivity (Wildman–Crippen MR) is 126 cm³/mol. The number of rotatable bonds is 2. The molecular weight excluding hydrogens is 472 g/mol. The standard InChI is InChI=1S/C25H40N2O9/c1-23(2,3)36-22(31)27-9-15-13-33-24(4,5)34-18(15)16(10-27)20(28)26-8-14-12-32-25(6,7)35-19(14)17(11-26)21(29)30/h14-19H,8-13H2,1-7H3,(H,29,30)/t14-,15-,16-,17-,18+,19+/m1/s1. The van der Waals surface area contributed by atoms with E-state index in [4.69, 9.17) is 23.7 Å². The van der Waals surface area contributed by atoms with Gasteiger partial charge < -0.3 is 38.6 Å². The van der Waals surface area contributed by atoms with Gasteiger partial charge in [-0.3, -0.25) is 9.59 Å². The first-order chi connectivity index (χ1) is 16.6. The lowest BCUT2D eigenvalue weighted by molar-refractivity contribution is -0.312. The van der Waals surface area contributed by atoms with E-state index in [9.17, 15) is 19.5 Å². The number of carboxylic acids is 1. The number of ether oxygens (including phenoxy) is 5. The number of nitrogens with zero attached hydrogens (tertiary/aromatic N) is 2. The third kappa shape index (κ3) is 5.79. The number of carbonyl (C=O) groups is 3.